The van der Waals surface area contributed by atoms with Crippen LogP contribution in [0.3, 0.4) is 0 Å². The summed E-state index contributed by atoms with van der Waals surface area (Å²) in [5, 5.41) is 0. The van der Waals surface area contributed by atoms with E-state index in [0.717, 1.165) is 5.56 Å². The summed E-state index contributed by atoms with van der Waals surface area (Å²) in [6, 6.07) is 3.94. The van der Waals surface area contributed by atoms with Crippen molar-refractivity contribution >= 4 is 0 Å². The van der Waals surface area contributed by atoms with Gasteiger partial charge in [-0.05, 0) is 25.5 Å². The lowest BCUT2D eigenvalue weighted by Gasteiger charge is -2.40. The van der Waals surface area contributed by atoms with Gasteiger partial charge in [0.1, 0.15) is 0 Å². The average Bonchev–Trinajstić information content (AvgIpc) is 2.29. The number of pyridine rings is 1. The van der Waals surface area contributed by atoms with Gasteiger partial charge >= 0.3 is 0 Å². The molecule has 0 N–H and O–H groups in total. The minimum Gasteiger partial charge on any atom is -0.350 e. The molecule has 16 heavy (non-hydrogen) atoms. The van der Waals surface area contributed by atoms with Crippen LogP contribution in [-0.2, 0) is 9.47 Å². The normalized spacial score (nSPS) is 28.6. The van der Waals surface area contributed by atoms with Crippen molar-refractivity contribution in [1.82, 2.24) is 4.98 Å². The van der Waals surface area contributed by atoms with Crippen molar-refractivity contribution in [3.05, 3.63) is 42.7 Å². The van der Waals surface area contributed by atoms with E-state index in [4.69, 9.17) is 9.47 Å². The molecule has 2 atom stereocenters. The highest BCUT2D eigenvalue weighted by atomic mass is 16.7. The quantitative estimate of drug-likeness (QED) is 0.717. The summed E-state index contributed by atoms with van der Waals surface area (Å²) in [6.07, 6.45) is 5.46. The SMILES string of the molecule is C=C[C@H]1COC(C)(C)O[C@@H]1c1cccnc1. The molecule has 2 rings (SSSR count). The highest BCUT2D eigenvalue weighted by Crippen LogP contribution is 2.36. The lowest BCUT2D eigenvalue weighted by molar-refractivity contribution is -0.289. The van der Waals surface area contributed by atoms with Gasteiger partial charge in [0.05, 0.1) is 12.7 Å². The Hall–Kier alpha value is -1.19. The van der Waals surface area contributed by atoms with Crippen molar-refractivity contribution in [3.8, 4) is 0 Å². The summed E-state index contributed by atoms with van der Waals surface area (Å²) in [5.74, 6) is -0.364. The molecule has 0 bridgehead atoms. The molecule has 1 fully saturated rings. The predicted octanol–water partition coefficient (Wildman–Crippen LogP) is 2.71. The second kappa shape index (κ2) is 4.36. The van der Waals surface area contributed by atoms with E-state index in [1.807, 2.05) is 38.3 Å². The largest absolute Gasteiger partial charge is 0.350 e. The maximum atomic E-state index is 5.93. The number of rotatable bonds is 2. The van der Waals surface area contributed by atoms with Gasteiger partial charge in [-0.25, -0.2) is 0 Å². The van der Waals surface area contributed by atoms with E-state index in [1.54, 1.807) is 6.20 Å². The standard InChI is InChI=1S/C13H17NO2/c1-4-10-9-15-13(2,3)16-12(10)11-6-5-7-14-8-11/h4-8,10,12H,1,9H2,2-3H3/t10-,12-/m0/s1. The maximum Gasteiger partial charge on any atom is 0.163 e. The Bertz CT molecular complexity index is 361. The lowest BCUT2D eigenvalue weighted by atomic mass is 9.96. The summed E-state index contributed by atoms with van der Waals surface area (Å²) in [4.78, 5) is 4.12. The fraction of sp³-hybridized carbons (Fsp3) is 0.462. The second-order valence-corrected chi connectivity index (χ2v) is 4.44. The topological polar surface area (TPSA) is 31.4 Å². The number of aromatic nitrogens is 1. The molecule has 1 aliphatic rings. The third-order valence-corrected chi connectivity index (χ3v) is 2.74. The van der Waals surface area contributed by atoms with E-state index in [1.165, 1.54) is 0 Å². The minimum absolute atomic E-state index is 0.0186. The van der Waals surface area contributed by atoms with Gasteiger partial charge in [-0.2, -0.15) is 0 Å². The molecule has 2 heterocycles. The first kappa shape index (κ1) is 11.3. The van der Waals surface area contributed by atoms with Crippen LogP contribution in [0.5, 0.6) is 0 Å². The minimum atomic E-state index is -0.542. The molecule has 0 saturated carbocycles. The van der Waals surface area contributed by atoms with Gasteiger partial charge < -0.3 is 9.47 Å². The monoisotopic (exact) mass is 219 g/mol. The molecule has 0 aromatic carbocycles. The van der Waals surface area contributed by atoms with Gasteiger partial charge in [0.2, 0.25) is 0 Å². The zero-order chi connectivity index (χ0) is 11.6. The van der Waals surface area contributed by atoms with Crippen LogP contribution >= 0.6 is 0 Å². The second-order valence-electron chi connectivity index (χ2n) is 4.44. The van der Waals surface area contributed by atoms with Crippen LogP contribution in [-0.4, -0.2) is 17.4 Å². The number of ether oxygens (including phenoxy) is 2. The van der Waals surface area contributed by atoms with Crippen molar-refractivity contribution in [2.75, 3.05) is 6.61 Å². The smallest absolute Gasteiger partial charge is 0.163 e. The van der Waals surface area contributed by atoms with Crippen LogP contribution in [0.25, 0.3) is 0 Å². The third-order valence-electron chi connectivity index (χ3n) is 2.74. The van der Waals surface area contributed by atoms with Crippen LogP contribution < -0.4 is 0 Å². The Kier molecular flexibility index (Phi) is 3.08. The van der Waals surface area contributed by atoms with E-state index in [2.05, 4.69) is 11.6 Å². The molecule has 0 unspecified atom stereocenters. The first-order valence-corrected chi connectivity index (χ1v) is 5.46. The summed E-state index contributed by atoms with van der Waals surface area (Å²) in [7, 11) is 0. The predicted molar refractivity (Wildman–Crippen MR) is 61.8 cm³/mol. The molecule has 3 heteroatoms. The summed E-state index contributed by atoms with van der Waals surface area (Å²) in [5.41, 5.74) is 1.07. The molecule has 0 spiro atoms. The molecule has 0 amide bonds. The van der Waals surface area contributed by atoms with E-state index < -0.39 is 5.79 Å². The zero-order valence-corrected chi connectivity index (χ0v) is 9.72. The zero-order valence-electron chi connectivity index (χ0n) is 9.72. The van der Waals surface area contributed by atoms with Gasteiger partial charge in [0.25, 0.3) is 0 Å². The molecule has 0 aliphatic carbocycles. The molecule has 1 aromatic heterocycles. The molecular weight excluding hydrogens is 202 g/mol. The van der Waals surface area contributed by atoms with E-state index >= 15 is 0 Å². The summed E-state index contributed by atoms with van der Waals surface area (Å²) in [6.45, 7) is 8.31. The molecular formula is C13H17NO2. The maximum absolute atomic E-state index is 5.93. The Morgan fingerprint density at radius 3 is 3.00 bits per heavy atom. The number of nitrogens with zero attached hydrogens (tertiary/aromatic N) is 1. The van der Waals surface area contributed by atoms with Gasteiger partial charge in [0.15, 0.2) is 5.79 Å². The highest BCUT2D eigenvalue weighted by Gasteiger charge is 2.35. The van der Waals surface area contributed by atoms with Crippen molar-refractivity contribution in [3.63, 3.8) is 0 Å². The van der Waals surface area contributed by atoms with Crippen molar-refractivity contribution in [2.45, 2.75) is 25.7 Å². The molecule has 1 saturated heterocycles. The molecule has 1 aliphatic heterocycles. The van der Waals surface area contributed by atoms with Crippen molar-refractivity contribution < 1.29 is 9.47 Å². The number of hydrogen-bond acceptors (Lipinski definition) is 3. The van der Waals surface area contributed by atoms with Crippen molar-refractivity contribution in [1.29, 1.82) is 0 Å². The van der Waals surface area contributed by atoms with Crippen LogP contribution in [0.15, 0.2) is 37.2 Å². The Balaban J connectivity index is 2.25. The Morgan fingerprint density at radius 1 is 1.56 bits per heavy atom. The molecule has 1 aromatic rings. The van der Waals surface area contributed by atoms with E-state index in [0.29, 0.717) is 6.61 Å². The molecule has 3 nitrogen and oxygen atoms in total. The average molecular weight is 219 g/mol. The molecule has 86 valence electrons. The van der Waals surface area contributed by atoms with Gasteiger partial charge in [0, 0.05) is 18.3 Å². The van der Waals surface area contributed by atoms with Gasteiger partial charge in [-0.3, -0.25) is 4.98 Å². The van der Waals surface area contributed by atoms with Crippen LogP contribution in [0.1, 0.15) is 25.5 Å². The number of hydrogen-bond donors (Lipinski definition) is 0. The Morgan fingerprint density at radius 2 is 2.38 bits per heavy atom. The summed E-state index contributed by atoms with van der Waals surface area (Å²) < 4.78 is 11.5. The first-order chi connectivity index (χ1) is 7.62. The van der Waals surface area contributed by atoms with Crippen LogP contribution in [0, 0.1) is 5.92 Å². The first-order valence-electron chi connectivity index (χ1n) is 5.46. The summed E-state index contributed by atoms with van der Waals surface area (Å²) >= 11 is 0. The van der Waals surface area contributed by atoms with E-state index in [9.17, 15) is 0 Å². The fourth-order valence-electron chi connectivity index (χ4n) is 1.86. The van der Waals surface area contributed by atoms with Crippen LogP contribution in [0.4, 0.5) is 0 Å². The van der Waals surface area contributed by atoms with Gasteiger partial charge in [-0.15, -0.1) is 6.58 Å². The highest BCUT2D eigenvalue weighted by molar-refractivity contribution is 5.15. The van der Waals surface area contributed by atoms with E-state index in [-0.39, 0.29) is 12.0 Å². The molecule has 0 radical (unpaired) electrons. The Labute approximate surface area is 96.1 Å². The van der Waals surface area contributed by atoms with Crippen LogP contribution in [0.2, 0.25) is 0 Å². The lowest BCUT2D eigenvalue weighted by Crippen LogP contribution is -2.40. The fourth-order valence-corrected chi connectivity index (χ4v) is 1.86. The van der Waals surface area contributed by atoms with Gasteiger partial charge in [-0.1, -0.05) is 12.1 Å². The van der Waals surface area contributed by atoms with Crippen molar-refractivity contribution in [2.24, 2.45) is 5.92 Å². The third kappa shape index (κ3) is 2.31.